The van der Waals surface area contributed by atoms with Crippen molar-refractivity contribution in [3.8, 4) is 0 Å². The van der Waals surface area contributed by atoms with Gasteiger partial charge < -0.3 is 15.1 Å². The summed E-state index contributed by atoms with van der Waals surface area (Å²) in [5.41, 5.74) is 2.79. The lowest BCUT2D eigenvalue weighted by Crippen LogP contribution is -2.33. The summed E-state index contributed by atoms with van der Waals surface area (Å²) in [4.78, 5) is 5.05. The van der Waals surface area contributed by atoms with Crippen LogP contribution in [0.15, 0.2) is 24.3 Å². The van der Waals surface area contributed by atoms with E-state index >= 15 is 0 Å². The van der Waals surface area contributed by atoms with Gasteiger partial charge in [0.2, 0.25) is 0 Å². The van der Waals surface area contributed by atoms with Crippen LogP contribution in [-0.2, 0) is 0 Å². The van der Waals surface area contributed by atoms with Crippen LogP contribution in [0.25, 0.3) is 0 Å². The molecule has 0 aliphatic carbocycles. The van der Waals surface area contributed by atoms with E-state index in [-0.39, 0.29) is 0 Å². The zero-order valence-corrected chi connectivity index (χ0v) is 13.4. The molecule has 2 heterocycles. The topological polar surface area (TPSA) is 18.5 Å². The lowest BCUT2D eigenvalue weighted by Gasteiger charge is -2.29. The average Bonchev–Trinajstić information content (AvgIpc) is 3.03. The summed E-state index contributed by atoms with van der Waals surface area (Å²) in [6.45, 7) is 8.18. The predicted molar refractivity (Wildman–Crippen MR) is 91.4 cm³/mol. The number of anilines is 2. The Balaban J connectivity index is 1.57. The van der Waals surface area contributed by atoms with E-state index in [2.05, 4.69) is 46.3 Å². The number of hydrogen-bond acceptors (Lipinski definition) is 3. The summed E-state index contributed by atoms with van der Waals surface area (Å²) in [6, 6.07) is 9.92. The van der Waals surface area contributed by atoms with Gasteiger partial charge >= 0.3 is 0 Å². The number of benzene rings is 1. The quantitative estimate of drug-likeness (QED) is 0.897. The van der Waals surface area contributed by atoms with E-state index in [1.165, 1.54) is 63.1 Å². The third kappa shape index (κ3) is 3.70. The van der Waals surface area contributed by atoms with Crippen LogP contribution in [0.2, 0.25) is 0 Å². The molecular weight excluding hydrogens is 258 g/mol. The van der Waals surface area contributed by atoms with Gasteiger partial charge in [-0.25, -0.2) is 0 Å². The van der Waals surface area contributed by atoms with Gasteiger partial charge in [-0.1, -0.05) is 6.92 Å². The van der Waals surface area contributed by atoms with Crippen molar-refractivity contribution in [2.24, 2.45) is 0 Å². The molecular formula is C18H29N3. The Hall–Kier alpha value is -1.22. The molecule has 3 rings (SSSR count). The van der Waals surface area contributed by atoms with Crippen LogP contribution in [0.4, 0.5) is 11.4 Å². The van der Waals surface area contributed by atoms with Crippen molar-refractivity contribution in [3.05, 3.63) is 24.3 Å². The maximum Gasteiger partial charge on any atom is 0.0368 e. The van der Waals surface area contributed by atoms with E-state index in [1.54, 1.807) is 0 Å². The first-order valence-corrected chi connectivity index (χ1v) is 8.70. The highest BCUT2D eigenvalue weighted by molar-refractivity contribution is 5.57. The molecule has 2 fully saturated rings. The molecule has 0 aromatic heterocycles. The van der Waals surface area contributed by atoms with Gasteiger partial charge in [-0.05, 0) is 62.9 Å². The summed E-state index contributed by atoms with van der Waals surface area (Å²) in [6.07, 6.45) is 6.58. The van der Waals surface area contributed by atoms with E-state index in [4.69, 9.17) is 0 Å². The highest BCUT2D eigenvalue weighted by Gasteiger charge is 2.22. The van der Waals surface area contributed by atoms with Gasteiger partial charge in [-0.15, -0.1) is 0 Å². The number of rotatable bonds is 5. The van der Waals surface area contributed by atoms with Crippen LogP contribution in [0.1, 0.15) is 39.0 Å². The monoisotopic (exact) mass is 287 g/mol. The van der Waals surface area contributed by atoms with E-state index in [9.17, 15) is 0 Å². The first-order valence-electron chi connectivity index (χ1n) is 8.70. The first-order chi connectivity index (χ1) is 10.4. The summed E-state index contributed by atoms with van der Waals surface area (Å²) < 4.78 is 0. The first kappa shape index (κ1) is 14.7. The summed E-state index contributed by atoms with van der Waals surface area (Å²) in [7, 11) is 0. The van der Waals surface area contributed by atoms with Crippen LogP contribution in [-0.4, -0.2) is 38.8 Å². The molecule has 2 aliphatic heterocycles. The molecule has 116 valence electrons. The molecule has 1 aromatic carbocycles. The summed E-state index contributed by atoms with van der Waals surface area (Å²) in [5, 5.41) is 3.64. The Kier molecular flexibility index (Phi) is 5.02. The largest absolute Gasteiger partial charge is 0.372 e. The van der Waals surface area contributed by atoms with Crippen molar-refractivity contribution >= 4 is 11.4 Å². The second-order valence-electron chi connectivity index (χ2n) is 6.45. The maximum absolute atomic E-state index is 3.64. The smallest absolute Gasteiger partial charge is 0.0368 e. The fourth-order valence-corrected chi connectivity index (χ4v) is 3.54. The molecule has 2 saturated heterocycles. The summed E-state index contributed by atoms with van der Waals surface area (Å²) in [5.74, 6) is 0. The van der Waals surface area contributed by atoms with Gasteiger partial charge in [0.25, 0.3) is 0 Å². The van der Waals surface area contributed by atoms with Crippen molar-refractivity contribution < 1.29 is 0 Å². The molecule has 1 unspecified atom stereocenters. The van der Waals surface area contributed by atoms with E-state index in [0.717, 1.165) is 13.1 Å². The van der Waals surface area contributed by atoms with E-state index in [1.807, 2.05) is 0 Å². The highest BCUT2D eigenvalue weighted by Crippen LogP contribution is 2.25. The Morgan fingerprint density at radius 1 is 0.952 bits per heavy atom. The second kappa shape index (κ2) is 7.17. The van der Waals surface area contributed by atoms with Crippen LogP contribution in [0.5, 0.6) is 0 Å². The molecule has 2 aliphatic rings. The third-order valence-electron chi connectivity index (χ3n) is 4.81. The number of piperidine rings is 1. The van der Waals surface area contributed by atoms with Gasteiger partial charge in [0, 0.05) is 43.6 Å². The molecule has 1 N–H and O–H groups in total. The molecule has 21 heavy (non-hydrogen) atoms. The highest BCUT2D eigenvalue weighted by atomic mass is 15.2. The normalized spacial score (nSPS) is 22.8. The summed E-state index contributed by atoms with van der Waals surface area (Å²) >= 11 is 0. The standard InChI is InChI=1S/C18H29N3/c1-2-11-19-16-10-14-21(15-16)18-8-6-17(7-9-18)20-12-4-3-5-13-20/h6-9,16,19H,2-5,10-15H2,1H3. The predicted octanol–water partition coefficient (Wildman–Crippen LogP) is 3.26. The van der Waals surface area contributed by atoms with E-state index in [0.29, 0.717) is 6.04 Å². The Bertz CT molecular complexity index is 423. The second-order valence-corrected chi connectivity index (χ2v) is 6.45. The Labute approximate surface area is 129 Å². The maximum atomic E-state index is 3.64. The van der Waals surface area contributed by atoms with Gasteiger partial charge in [0.05, 0.1) is 0 Å². The van der Waals surface area contributed by atoms with Crippen LogP contribution in [0.3, 0.4) is 0 Å². The molecule has 3 heteroatoms. The van der Waals surface area contributed by atoms with Crippen molar-refractivity contribution in [1.29, 1.82) is 0 Å². The van der Waals surface area contributed by atoms with Crippen molar-refractivity contribution in [2.75, 3.05) is 42.5 Å². The molecule has 0 bridgehead atoms. The molecule has 3 nitrogen and oxygen atoms in total. The fourth-order valence-electron chi connectivity index (χ4n) is 3.54. The van der Waals surface area contributed by atoms with Gasteiger partial charge in [-0.2, -0.15) is 0 Å². The lowest BCUT2D eigenvalue weighted by molar-refractivity contribution is 0.549. The lowest BCUT2D eigenvalue weighted by atomic mass is 10.1. The minimum Gasteiger partial charge on any atom is -0.372 e. The number of hydrogen-bond donors (Lipinski definition) is 1. The van der Waals surface area contributed by atoms with Crippen LogP contribution >= 0.6 is 0 Å². The number of nitrogens with zero attached hydrogens (tertiary/aromatic N) is 2. The fraction of sp³-hybridized carbons (Fsp3) is 0.667. The third-order valence-corrected chi connectivity index (χ3v) is 4.81. The van der Waals surface area contributed by atoms with Crippen molar-refractivity contribution in [1.82, 2.24) is 5.32 Å². The van der Waals surface area contributed by atoms with Gasteiger partial charge in [0.15, 0.2) is 0 Å². The molecule has 0 radical (unpaired) electrons. The average molecular weight is 287 g/mol. The Morgan fingerprint density at radius 2 is 1.62 bits per heavy atom. The van der Waals surface area contributed by atoms with Gasteiger partial charge in [-0.3, -0.25) is 0 Å². The SMILES string of the molecule is CCCNC1CCN(c2ccc(N3CCCCC3)cc2)C1. The molecule has 0 saturated carbocycles. The van der Waals surface area contributed by atoms with Gasteiger partial charge in [0.1, 0.15) is 0 Å². The molecule has 0 amide bonds. The zero-order chi connectivity index (χ0) is 14.5. The minimum absolute atomic E-state index is 0.673. The number of nitrogens with one attached hydrogen (secondary N) is 1. The van der Waals surface area contributed by atoms with Crippen LogP contribution in [0, 0.1) is 0 Å². The molecule has 1 atom stereocenters. The Morgan fingerprint density at radius 3 is 2.29 bits per heavy atom. The van der Waals surface area contributed by atoms with E-state index < -0.39 is 0 Å². The molecule has 1 aromatic rings. The molecule has 0 spiro atoms. The van der Waals surface area contributed by atoms with Crippen LogP contribution < -0.4 is 15.1 Å². The minimum atomic E-state index is 0.673. The van der Waals surface area contributed by atoms with Crippen molar-refractivity contribution in [2.45, 2.75) is 45.1 Å². The zero-order valence-electron chi connectivity index (χ0n) is 13.4. The van der Waals surface area contributed by atoms with Crippen molar-refractivity contribution in [3.63, 3.8) is 0 Å².